The van der Waals surface area contributed by atoms with E-state index in [1.807, 2.05) is 52.5 Å². The van der Waals surface area contributed by atoms with Crippen LogP contribution in [-0.2, 0) is 17.8 Å². The molecule has 5 rings (SSSR count). The lowest BCUT2D eigenvalue weighted by Gasteiger charge is -2.11. The van der Waals surface area contributed by atoms with Crippen LogP contribution >= 0.6 is 11.3 Å². The van der Waals surface area contributed by atoms with Gasteiger partial charge in [0.2, 0.25) is 5.91 Å². The van der Waals surface area contributed by atoms with E-state index in [9.17, 15) is 9.18 Å². The van der Waals surface area contributed by atoms with Gasteiger partial charge in [-0.2, -0.15) is 0 Å². The topological polar surface area (TPSA) is 49.8 Å². The molecule has 3 aromatic heterocycles. The third-order valence-corrected chi connectivity index (χ3v) is 6.22. The molecule has 0 aliphatic carbocycles. The number of halogens is 1. The first-order chi connectivity index (χ1) is 14.7. The first-order valence-electron chi connectivity index (χ1n) is 9.83. The van der Waals surface area contributed by atoms with Crippen LogP contribution in [0.15, 0.2) is 72.2 Å². The summed E-state index contributed by atoms with van der Waals surface area (Å²) in [5.41, 5.74) is 4.07. The fourth-order valence-corrected chi connectivity index (χ4v) is 4.67. The summed E-state index contributed by atoms with van der Waals surface area (Å²) in [5.74, 6) is -0.338. The number of fused-ring (bicyclic) bond motifs is 2. The number of para-hydroxylation sites is 1. The maximum atomic E-state index is 13.7. The van der Waals surface area contributed by atoms with Crippen molar-refractivity contribution < 1.29 is 9.18 Å². The quantitative estimate of drug-likeness (QED) is 0.384. The number of thiophene rings is 1. The lowest BCUT2D eigenvalue weighted by Crippen LogP contribution is -2.29. The number of hydrogen-bond acceptors (Lipinski definition) is 2. The summed E-state index contributed by atoms with van der Waals surface area (Å²) < 4.78 is 15.7. The van der Waals surface area contributed by atoms with Crippen molar-refractivity contribution in [2.45, 2.75) is 13.0 Å². The Morgan fingerprint density at radius 2 is 2.00 bits per heavy atom. The maximum Gasteiger partial charge on any atom is 0.239 e. The van der Waals surface area contributed by atoms with Gasteiger partial charge < -0.3 is 14.9 Å². The van der Waals surface area contributed by atoms with Gasteiger partial charge in [0.25, 0.3) is 0 Å². The Morgan fingerprint density at radius 1 is 1.10 bits per heavy atom. The molecule has 0 unspecified atom stereocenters. The van der Waals surface area contributed by atoms with Crippen LogP contribution in [0.3, 0.4) is 0 Å². The van der Waals surface area contributed by atoms with Gasteiger partial charge in [0.1, 0.15) is 12.4 Å². The van der Waals surface area contributed by atoms with Gasteiger partial charge in [0.15, 0.2) is 0 Å². The molecule has 2 aromatic carbocycles. The second kappa shape index (κ2) is 7.80. The summed E-state index contributed by atoms with van der Waals surface area (Å²) in [5, 5.41) is 7.01. The van der Waals surface area contributed by atoms with Crippen molar-refractivity contribution in [3.63, 3.8) is 0 Å². The number of nitrogens with zero attached hydrogens (tertiary/aromatic N) is 1. The van der Waals surface area contributed by atoms with E-state index < -0.39 is 0 Å². The van der Waals surface area contributed by atoms with Crippen molar-refractivity contribution in [1.82, 2.24) is 14.9 Å². The number of nitrogens with one attached hydrogen (secondary N) is 2. The average Bonchev–Trinajstić information content (AvgIpc) is 3.47. The average molecular weight is 418 g/mol. The Hall–Kier alpha value is -3.38. The molecule has 0 atom stereocenters. The minimum absolute atomic E-state index is 0.0607. The fraction of sp³-hybridized carbons (Fsp3) is 0.125. The van der Waals surface area contributed by atoms with Crippen LogP contribution < -0.4 is 5.32 Å². The SMILES string of the molecule is O=C(Cn1c(-c2cccs2)cc2cc(F)ccc21)NCCc1c[nH]c2ccccc12. The van der Waals surface area contributed by atoms with E-state index in [4.69, 9.17) is 0 Å². The van der Waals surface area contributed by atoms with Crippen molar-refractivity contribution in [2.75, 3.05) is 6.54 Å². The summed E-state index contributed by atoms with van der Waals surface area (Å²) in [6.45, 7) is 0.749. The van der Waals surface area contributed by atoms with Crippen molar-refractivity contribution >= 4 is 39.0 Å². The molecule has 0 bridgehead atoms. The predicted molar refractivity (Wildman–Crippen MR) is 120 cm³/mol. The Labute approximate surface area is 177 Å². The van der Waals surface area contributed by atoms with Crippen LogP contribution in [0.4, 0.5) is 4.39 Å². The molecular formula is C24H20FN3OS. The highest BCUT2D eigenvalue weighted by Gasteiger charge is 2.15. The van der Waals surface area contributed by atoms with Gasteiger partial charge in [0.05, 0.1) is 10.6 Å². The monoisotopic (exact) mass is 417 g/mol. The van der Waals surface area contributed by atoms with Crippen molar-refractivity contribution in [3.05, 3.63) is 83.6 Å². The van der Waals surface area contributed by atoms with Crippen LogP contribution in [-0.4, -0.2) is 22.0 Å². The number of amides is 1. The molecule has 6 heteroatoms. The molecule has 5 aromatic rings. The third-order valence-electron chi connectivity index (χ3n) is 5.33. The van der Waals surface area contributed by atoms with E-state index in [0.29, 0.717) is 6.54 Å². The number of rotatable bonds is 6. The normalized spacial score (nSPS) is 11.4. The summed E-state index contributed by atoms with van der Waals surface area (Å²) in [4.78, 5) is 17.0. The van der Waals surface area contributed by atoms with Crippen LogP contribution in [0.5, 0.6) is 0 Å². The number of carbonyl (C=O) groups excluding carboxylic acids is 1. The van der Waals surface area contributed by atoms with E-state index in [0.717, 1.165) is 33.4 Å². The zero-order valence-corrected chi connectivity index (χ0v) is 17.0. The van der Waals surface area contributed by atoms with Crippen molar-refractivity contribution in [1.29, 1.82) is 0 Å². The van der Waals surface area contributed by atoms with Gasteiger partial charge in [-0.3, -0.25) is 4.79 Å². The smallest absolute Gasteiger partial charge is 0.239 e. The molecule has 2 N–H and O–H groups in total. The molecule has 0 fully saturated rings. The number of aromatic amines is 1. The zero-order valence-electron chi connectivity index (χ0n) is 16.2. The molecular weight excluding hydrogens is 397 g/mol. The first-order valence-corrected chi connectivity index (χ1v) is 10.7. The number of hydrogen-bond donors (Lipinski definition) is 2. The van der Waals surface area contributed by atoms with E-state index in [1.165, 1.54) is 23.1 Å². The van der Waals surface area contributed by atoms with E-state index in [-0.39, 0.29) is 18.3 Å². The molecule has 4 nitrogen and oxygen atoms in total. The molecule has 0 radical (unpaired) electrons. The Bertz CT molecular complexity index is 1330. The Kier molecular flexibility index (Phi) is 4.85. The third kappa shape index (κ3) is 3.50. The number of benzene rings is 2. The lowest BCUT2D eigenvalue weighted by atomic mass is 10.1. The van der Waals surface area contributed by atoms with Gasteiger partial charge >= 0.3 is 0 Å². The maximum absolute atomic E-state index is 13.7. The molecule has 0 aliphatic heterocycles. The molecule has 0 aliphatic rings. The zero-order chi connectivity index (χ0) is 20.5. The van der Waals surface area contributed by atoms with Gasteiger partial charge in [-0.15, -0.1) is 11.3 Å². The van der Waals surface area contributed by atoms with Crippen LogP contribution in [0.2, 0.25) is 0 Å². The molecule has 30 heavy (non-hydrogen) atoms. The minimum Gasteiger partial charge on any atom is -0.361 e. The first kappa shape index (κ1) is 18.6. The van der Waals surface area contributed by atoms with Crippen molar-refractivity contribution in [3.8, 4) is 10.6 Å². The van der Waals surface area contributed by atoms with Gasteiger partial charge in [-0.05, 0) is 53.8 Å². The van der Waals surface area contributed by atoms with E-state index in [1.54, 1.807) is 17.4 Å². The molecule has 150 valence electrons. The lowest BCUT2D eigenvalue weighted by molar-refractivity contribution is -0.121. The van der Waals surface area contributed by atoms with Gasteiger partial charge in [-0.1, -0.05) is 24.3 Å². The summed E-state index contributed by atoms with van der Waals surface area (Å²) in [7, 11) is 0. The fourth-order valence-electron chi connectivity index (χ4n) is 3.92. The molecule has 0 saturated heterocycles. The Morgan fingerprint density at radius 3 is 2.87 bits per heavy atom. The summed E-state index contributed by atoms with van der Waals surface area (Å²) in [6.07, 6.45) is 2.75. The molecule has 1 amide bonds. The van der Waals surface area contributed by atoms with Gasteiger partial charge in [-0.25, -0.2) is 4.39 Å². The van der Waals surface area contributed by atoms with E-state index >= 15 is 0 Å². The molecule has 3 heterocycles. The van der Waals surface area contributed by atoms with Crippen LogP contribution in [0, 0.1) is 5.82 Å². The van der Waals surface area contributed by atoms with Crippen LogP contribution in [0.25, 0.3) is 32.4 Å². The largest absolute Gasteiger partial charge is 0.361 e. The Balaban J connectivity index is 1.33. The van der Waals surface area contributed by atoms with Crippen LogP contribution in [0.1, 0.15) is 5.56 Å². The standard InChI is InChI=1S/C24H20FN3OS/c25-18-7-8-21-17(12-18)13-22(23-6-3-11-30-23)28(21)15-24(29)26-10-9-16-14-27-20-5-2-1-4-19(16)20/h1-8,11-14,27H,9-10,15H2,(H,26,29). The highest BCUT2D eigenvalue weighted by atomic mass is 32.1. The molecule has 0 spiro atoms. The summed E-state index contributed by atoms with van der Waals surface area (Å²) in [6, 6.07) is 18.8. The van der Waals surface area contributed by atoms with Gasteiger partial charge in [0, 0.05) is 34.5 Å². The number of carbonyl (C=O) groups is 1. The minimum atomic E-state index is -0.277. The highest BCUT2D eigenvalue weighted by Crippen LogP contribution is 2.31. The molecule has 0 saturated carbocycles. The second-order valence-electron chi connectivity index (χ2n) is 7.26. The second-order valence-corrected chi connectivity index (χ2v) is 8.20. The predicted octanol–water partition coefficient (Wildman–Crippen LogP) is 5.35. The number of H-pyrrole nitrogens is 1. The van der Waals surface area contributed by atoms with E-state index in [2.05, 4.69) is 16.4 Å². The van der Waals surface area contributed by atoms with Crippen molar-refractivity contribution in [2.24, 2.45) is 0 Å². The number of aromatic nitrogens is 2. The summed E-state index contributed by atoms with van der Waals surface area (Å²) >= 11 is 1.60. The highest BCUT2D eigenvalue weighted by molar-refractivity contribution is 7.13.